The van der Waals surface area contributed by atoms with Crippen molar-refractivity contribution in [1.82, 2.24) is 0 Å². The quantitative estimate of drug-likeness (QED) is 0.587. The molecule has 0 aromatic rings. The van der Waals surface area contributed by atoms with Crippen LogP contribution in [0.3, 0.4) is 0 Å². The van der Waals surface area contributed by atoms with Crippen molar-refractivity contribution >= 4 is 0 Å². The topological polar surface area (TPSA) is 34.3 Å². The molecule has 0 aromatic heterocycles. The Morgan fingerprint density at radius 1 is 1.08 bits per heavy atom. The summed E-state index contributed by atoms with van der Waals surface area (Å²) in [5.74, 6) is 0. The van der Waals surface area contributed by atoms with Crippen molar-refractivity contribution in [2.24, 2.45) is 0 Å². The molecule has 4 atom stereocenters. The number of hydrogen-bond acceptors (Lipinski definition) is 3. The molecule has 0 radical (unpaired) electrons. The molecule has 2 aliphatic rings. The Morgan fingerprint density at radius 3 is 1.69 bits per heavy atom. The van der Waals surface area contributed by atoms with Gasteiger partial charge in [-0.05, 0) is 12.8 Å². The summed E-state index contributed by atoms with van der Waals surface area (Å²) < 4.78 is 16.4. The third-order valence-corrected chi connectivity index (χ3v) is 2.70. The standard InChI is InChI=1S/C10H18O3/c1-3-7(9-5-11-9)13-8(4-2)10-6-12-10/h7-10H,3-6H2,1-2H3. The molecule has 0 spiro atoms. The molecule has 2 rings (SSSR count). The van der Waals surface area contributed by atoms with Crippen LogP contribution in [0.1, 0.15) is 26.7 Å². The minimum absolute atomic E-state index is 0.286. The van der Waals surface area contributed by atoms with Gasteiger partial charge in [0.25, 0.3) is 0 Å². The van der Waals surface area contributed by atoms with Crippen LogP contribution in [0.2, 0.25) is 0 Å². The first-order chi connectivity index (χ1) is 6.35. The van der Waals surface area contributed by atoms with Crippen LogP contribution in [0.25, 0.3) is 0 Å². The predicted octanol–water partition coefficient (Wildman–Crippen LogP) is 1.36. The van der Waals surface area contributed by atoms with Crippen LogP contribution in [0.5, 0.6) is 0 Å². The van der Waals surface area contributed by atoms with Crippen LogP contribution in [-0.4, -0.2) is 37.6 Å². The molecule has 0 saturated carbocycles. The highest BCUT2D eigenvalue weighted by Gasteiger charge is 2.38. The zero-order chi connectivity index (χ0) is 9.26. The van der Waals surface area contributed by atoms with Crippen LogP contribution in [-0.2, 0) is 14.2 Å². The fourth-order valence-corrected chi connectivity index (χ4v) is 1.66. The van der Waals surface area contributed by atoms with E-state index in [9.17, 15) is 0 Å². The van der Waals surface area contributed by atoms with Gasteiger partial charge < -0.3 is 14.2 Å². The zero-order valence-corrected chi connectivity index (χ0v) is 8.36. The SMILES string of the molecule is CCC(OC(CC)C1CO1)C1CO1. The van der Waals surface area contributed by atoms with Crippen molar-refractivity contribution in [2.75, 3.05) is 13.2 Å². The monoisotopic (exact) mass is 186 g/mol. The third kappa shape index (κ3) is 2.42. The molecule has 3 heteroatoms. The van der Waals surface area contributed by atoms with Crippen LogP contribution >= 0.6 is 0 Å². The lowest BCUT2D eigenvalue weighted by Crippen LogP contribution is -2.29. The maximum Gasteiger partial charge on any atom is 0.107 e. The van der Waals surface area contributed by atoms with Gasteiger partial charge in [-0.15, -0.1) is 0 Å². The first-order valence-electron chi connectivity index (χ1n) is 5.23. The van der Waals surface area contributed by atoms with E-state index in [1.807, 2.05) is 0 Å². The van der Waals surface area contributed by atoms with E-state index in [2.05, 4.69) is 13.8 Å². The molecule has 0 amide bonds. The largest absolute Gasteiger partial charge is 0.370 e. The van der Waals surface area contributed by atoms with Gasteiger partial charge in [0.1, 0.15) is 12.2 Å². The molecule has 4 unspecified atom stereocenters. The molecule has 13 heavy (non-hydrogen) atoms. The Bertz CT molecular complexity index is 146. The molecule has 0 aromatic carbocycles. The smallest absolute Gasteiger partial charge is 0.107 e. The normalized spacial score (nSPS) is 35.5. The summed E-state index contributed by atoms with van der Waals surface area (Å²) in [6.07, 6.45) is 3.36. The second-order valence-electron chi connectivity index (χ2n) is 3.77. The summed E-state index contributed by atoms with van der Waals surface area (Å²) in [6.45, 7) is 6.04. The molecule has 3 nitrogen and oxygen atoms in total. The number of epoxide rings is 2. The van der Waals surface area contributed by atoms with Crippen molar-refractivity contribution in [2.45, 2.75) is 51.1 Å². The van der Waals surface area contributed by atoms with Crippen molar-refractivity contribution in [1.29, 1.82) is 0 Å². The lowest BCUT2D eigenvalue weighted by atomic mass is 10.1. The fourth-order valence-electron chi connectivity index (χ4n) is 1.66. The Kier molecular flexibility index (Phi) is 2.86. The summed E-state index contributed by atoms with van der Waals surface area (Å²) in [7, 11) is 0. The van der Waals surface area contributed by atoms with Crippen molar-refractivity contribution in [3.63, 3.8) is 0 Å². The highest BCUT2D eigenvalue weighted by Crippen LogP contribution is 2.26. The van der Waals surface area contributed by atoms with Gasteiger partial charge in [-0.1, -0.05) is 13.8 Å². The highest BCUT2D eigenvalue weighted by molar-refractivity contribution is 4.84. The first kappa shape index (κ1) is 9.44. The minimum Gasteiger partial charge on any atom is -0.370 e. The Balaban J connectivity index is 1.78. The zero-order valence-electron chi connectivity index (χ0n) is 8.36. The molecular weight excluding hydrogens is 168 g/mol. The molecule has 0 N–H and O–H groups in total. The lowest BCUT2D eigenvalue weighted by Gasteiger charge is -2.20. The fraction of sp³-hybridized carbons (Fsp3) is 1.00. The van der Waals surface area contributed by atoms with Crippen molar-refractivity contribution < 1.29 is 14.2 Å². The van der Waals surface area contributed by atoms with E-state index in [0.717, 1.165) is 26.1 Å². The van der Waals surface area contributed by atoms with E-state index in [1.165, 1.54) is 0 Å². The average molecular weight is 186 g/mol. The maximum atomic E-state index is 5.95. The van der Waals surface area contributed by atoms with Crippen LogP contribution in [0, 0.1) is 0 Å². The van der Waals surface area contributed by atoms with Gasteiger partial charge >= 0.3 is 0 Å². The van der Waals surface area contributed by atoms with E-state index < -0.39 is 0 Å². The number of ether oxygens (including phenoxy) is 3. The summed E-state index contributed by atoms with van der Waals surface area (Å²) in [4.78, 5) is 0. The van der Waals surface area contributed by atoms with Gasteiger partial charge in [0.05, 0.1) is 25.4 Å². The Morgan fingerprint density at radius 2 is 1.46 bits per heavy atom. The van der Waals surface area contributed by atoms with E-state index in [1.54, 1.807) is 0 Å². The van der Waals surface area contributed by atoms with E-state index in [4.69, 9.17) is 14.2 Å². The van der Waals surface area contributed by atoms with Crippen LogP contribution in [0.4, 0.5) is 0 Å². The maximum absolute atomic E-state index is 5.95. The molecule has 76 valence electrons. The highest BCUT2D eigenvalue weighted by atomic mass is 16.6. The first-order valence-corrected chi connectivity index (χ1v) is 5.23. The van der Waals surface area contributed by atoms with Gasteiger partial charge in [-0.2, -0.15) is 0 Å². The molecule has 2 aliphatic heterocycles. The van der Waals surface area contributed by atoms with Gasteiger partial charge in [0.15, 0.2) is 0 Å². The number of hydrogen-bond donors (Lipinski definition) is 0. The molecule has 2 fully saturated rings. The van der Waals surface area contributed by atoms with Crippen molar-refractivity contribution in [3.8, 4) is 0 Å². The summed E-state index contributed by atoms with van der Waals surface area (Å²) in [5, 5.41) is 0. The minimum atomic E-state index is 0.286. The molecular formula is C10H18O3. The van der Waals surface area contributed by atoms with Crippen LogP contribution < -0.4 is 0 Å². The second-order valence-corrected chi connectivity index (χ2v) is 3.77. The predicted molar refractivity (Wildman–Crippen MR) is 48.7 cm³/mol. The van der Waals surface area contributed by atoms with Crippen LogP contribution in [0.15, 0.2) is 0 Å². The van der Waals surface area contributed by atoms with Gasteiger partial charge in [-0.25, -0.2) is 0 Å². The van der Waals surface area contributed by atoms with Gasteiger partial charge in [0.2, 0.25) is 0 Å². The van der Waals surface area contributed by atoms with E-state index in [0.29, 0.717) is 12.2 Å². The van der Waals surface area contributed by atoms with E-state index >= 15 is 0 Å². The summed E-state index contributed by atoms with van der Waals surface area (Å²) in [5.41, 5.74) is 0. The van der Waals surface area contributed by atoms with E-state index in [-0.39, 0.29) is 12.2 Å². The molecule has 2 heterocycles. The summed E-state index contributed by atoms with van der Waals surface area (Å²) >= 11 is 0. The Labute approximate surface area is 79.4 Å². The lowest BCUT2D eigenvalue weighted by molar-refractivity contribution is -0.0406. The second kappa shape index (κ2) is 3.95. The molecule has 0 bridgehead atoms. The van der Waals surface area contributed by atoms with Gasteiger partial charge in [-0.3, -0.25) is 0 Å². The molecule has 2 saturated heterocycles. The summed E-state index contributed by atoms with van der Waals surface area (Å²) in [6, 6.07) is 0. The number of rotatable bonds is 6. The molecule has 0 aliphatic carbocycles. The van der Waals surface area contributed by atoms with Gasteiger partial charge in [0, 0.05) is 0 Å². The van der Waals surface area contributed by atoms with Crippen molar-refractivity contribution in [3.05, 3.63) is 0 Å². The third-order valence-electron chi connectivity index (χ3n) is 2.70. The Hall–Kier alpha value is -0.120. The average Bonchev–Trinajstić information content (AvgIpc) is 2.99.